The minimum atomic E-state index is -0.462. The van der Waals surface area contributed by atoms with Gasteiger partial charge in [0.2, 0.25) is 0 Å². The fourth-order valence-corrected chi connectivity index (χ4v) is 4.78. The summed E-state index contributed by atoms with van der Waals surface area (Å²) >= 11 is 3.09. The first-order valence-corrected chi connectivity index (χ1v) is 10.9. The van der Waals surface area contributed by atoms with Gasteiger partial charge in [-0.1, -0.05) is 48.2 Å². The van der Waals surface area contributed by atoms with Gasteiger partial charge in [-0.2, -0.15) is 5.10 Å². The smallest absolute Gasteiger partial charge is 0.298 e. The number of hydrogen-bond donors (Lipinski definition) is 0. The molecule has 152 valence electrons. The van der Waals surface area contributed by atoms with Gasteiger partial charge in [-0.25, -0.2) is 0 Å². The van der Waals surface area contributed by atoms with Crippen molar-refractivity contribution in [1.82, 2.24) is 24.5 Å². The third-order valence-corrected chi connectivity index (χ3v) is 6.33. The molecular weight excluding hydrogens is 420 g/mol. The van der Waals surface area contributed by atoms with Crippen LogP contribution in [0.5, 0.6) is 0 Å². The van der Waals surface area contributed by atoms with Crippen LogP contribution in [0.4, 0.5) is 5.69 Å². The number of nitro groups is 1. The van der Waals surface area contributed by atoms with E-state index in [0.717, 1.165) is 22.5 Å². The van der Waals surface area contributed by atoms with Gasteiger partial charge < -0.3 is 0 Å². The van der Waals surface area contributed by atoms with Gasteiger partial charge in [0.1, 0.15) is 12.4 Å². The Hall–Kier alpha value is -3.24. The number of hydrogen-bond acceptors (Lipinski definition) is 7. The fraction of sp³-hybridized carbons (Fsp3) is 0.150. The first-order chi connectivity index (χ1) is 14.6. The first-order valence-electron chi connectivity index (χ1n) is 9.06. The van der Waals surface area contributed by atoms with Crippen molar-refractivity contribution in [1.29, 1.82) is 0 Å². The maximum Gasteiger partial charge on any atom is 0.307 e. The highest BCUT2D eigenvalue weighted by Gasteiger charge is 2.20. The molecule has 0 amide bonds. The third-order valence-electron chi connectivity index (χ3n) is 4.46. The van der Waals surface area contributed by atoms with Crippen LogP contribution in [-0.4, -0.2) is 29.5 Å². The molecule has 3 heterocycles. The molecule has 0 spiro atoms. The molecule has 0 aliphatic carbocycles. The summed E-state index contributed by atoms with van der Waals surface area (Å²) in [6.07, 6.45) is 4.44. The number of benzene rings is 1. The van der Waals surface area contributed by atoms with E-state index in [4.69, 9.17) is 0 Å². The number of rotatable bonds is 8. The van der Waals surface area contributed by atoms with Crippen molar-refractivity contribution in [2.45, 2.75) is 24.5 Å². The summed E-state index contributed by atoms with van der Waals surface area (Å²) in [4.78, 5) is 11.6. The Labute approximate surface area is 181 Å². The largest absolute Gasteiger partial charge is 0.307 e. The minimum absolute atomic E-state index is 0.0369. The molecule has 0 saturated carbocycles. The molecule has 10 heteroatoms. The summed E-state index contributed by atoms with van der Waals surface area (Å²) in [5.74, 6) is 1.16. The van der Waals surface area contributed by atoms with Crippen LogP contribution in [0.1, 0.15) is 4.88 Å². The van der Waals surface area contributed by atoms with Crippen molar-refractivity contribution >= 4 is 28.8 Å². The Balaban J connectivity index is 1.67. The lowest BCUT2D eigenvalue weighted by atomic mass is 10.0. The Kier molecular flexibility index (Phi) is 5.77. The Morgan fingerprint density at radius 1 is 1.30 bits per heavy atom. The van der Waals surface area contributed by atoms with Crippen molar-refractivity contribution in [3.63, 3.8) is 0 Å². The van der Waals surface area contributed by atoms with E-state index < -0.39 is 4.92 Å². The molecule has 0 N–H and O–H groups in total. The van der Waals surface area contributed by atoms with Crippen LogP contribution in [0.15, 0.2) is 65.9 Å². The van der Waals surface area contributed by atoms with Crippen LogP contribution in [0.2, 0.25) is 0 Å². The quantitative estimate of drug-likeness (QED) is 0.166. The average molecular weight is 439 g/mol. The highest BCUT2D eigenvalue weighted by atomic mass is 32.2. The second-order valence-electron chi connectivity index (χ2n) is 6.42. The molecule has 0 radical (unpaired) electrons. The monoisotopic (exact) mass is 438 g/mol. The molecular formula is C20H18N6O2S2. The molecule has 4 aromatic rings. The van der Waals surface area contributed by atoms with Gasteiger partial charge in [-0.05, 0) is 12.5 Å². The molecule has 0 atom stereocenters. The van der Waals surface area contributed by atoms with E-state index in [2.05, 4.69) is 46.3 Å². The molecule has 8 nitrogen and oxygen atoms in total. The molecule has 0 fully saturated rings. The lowest BCUT2D eigenvalue weighted by Crippen LogP contribution is -2.02. The maximum absolute atomic E-state index is 10.8. The normalized spacial score (nSPS) is 11.0. The van der Waals surface area contributed by atoms with Crippen molar-refractivity contribution in [2.24, 2.45) is 0 Å². The first kappa shape index (κ1) is 20.0. The van der Waals surface area contributed by atoms with Crippen LogP contribution in [-0.2, 0) is 12.4 Å². The second kappa shape index (κ2) is 8.64. The topological polar surface area (TPSA) is 91.7 Å². The van der Waals surface area contributed by atoms with Gasteiger partial charge in [-0.15, -0.1) is 28.1 Å². The van der Waals surface area contributed by atoms with E-state index >= 15 is 0 Å². The van der Waals surface area contributed by atoms with Crippen molar-refractivity contribution in [3.05, 3.63) is 75.8 Å². The predicted octanol–water partition coefficient (Wildman–Crippen LogP) is 5.02. The highest BCUT2D eigenvalue weighted by Crippen LogP contribution is 2.39. The summed E-state index contributed by atoms with van der Waals surface area (Å²) in [6.45, 7) is 6.51. The van der Waals surface area contributed by atoms with Crippen molar-refractivity contribution < 1.29 is 4.92 Å². The number of aromatic nitrogens is 5. The molecule has 0 bridgehead atoms. The molecule has 1 aromatic carbocycles. The van der Waals surface area contributed by atoms with Gasteiger partial charge in [0, 0.05) is 27.9 Å². The SMILES string of the molecule is C=CCn1c(SCn2cc([N+](=O)[O-])cn2)nnc1-c1csc(C)c1-c1ccccc1. The van der Waals surface area contributed by atoms with Crippen LogP contribution in [0, 0.1) is 17.0 Å². The predicted molar refractivity (Wildman–Crippen MR) is 118 cm³/mol. The molecule has 4 rings (SSSR count). The van der Waals surface area contributed by atoms with Gasteiger partial charge in [-0.3, -0.25) is 19.4 Å². The van der Waals surface area contributed by atoms with Gasteiger partial charge >= 0.3 is 5.69 Å². The zero-order valence-corrected chi connectivity index (χ0v) is 17.8. The number of nitrogens with zero attached hydrogens (tertiary/aromatic N) is 6. The Morgan fingerprint density at radius 3 is 2.80 bits per heavy atom. The number of thiophene rings is 1. The lowest BCUT2D eigenvalue weighted by Gasteiger charge is -2.09. The average Bonchev–Trinajstić information content (AvgIpc) is 3.46. The second-order valence-corrected chi connectivity index (χ2v) is 8.42. The Bertz CT molecular complexity index is 1200. The zero-order valence-electron chi connectivity index (χ0n) is 16.1. The van der Waals surface area contributed by atoms with E-state index in [9.17, 15) is 10.1 Å². The number of allylic oxidation sites excluding steroid dienone is 1. The van der Waals surface area contributed by atoms with E-state index in [-0.39, 0.29) is 5.69 Å². The van der Waals surface area contributed by atoms with E-state index in [1.807, 2.05) is 22.8 Å². The van der Waals surface area contributed by atoms with Gasteiger partial charge in [0.05, 0.1) is 10.8 Å². The molecule has 3 aromatic heterocycles. The fourth-order valence-electron chi connectivity index (χ4n) is 3.11. The highest BCUT2D eigenvalue weighted by molar-refractivity contribution is 7.98. The van der Waals surface area contributed by atoms with E-state index in [1.165, 1.54) is 33.7 Å². The molecule has 0 unspecified atom stereocenters. The standard InChI is InChI=1S/C20H18N6O2S2/c1-3-9-25-19(17-12-29-14(2)18(17)15-7-5-4-6-8-15)22-23-20(25)30-13-24-11-16(10-21-24)26(27)28/h3-8,10-12H,1,9,13H2,2H3. The van der Waals surface area contributed by atoms with Crippen molar-refractivity contribution in [3.8, 4) is 22.5 Å². The van der Waals surface area contributed by atoms with Gasteiger partial charge in [0.15, 0.2) is 11.0 Å². The molecule has 0 saturated heterocycles. The summed E-state index contributed by atoms with van der Waals surface area (Å²) in [5, 5.41) is 26.5. The maximum atomic E-state index is 10.8. The molecule has 0 aliphatic heterocycles. The number of thioether (sulfide) groups is 1. The summed E-state index contributed by atoms with van der Waals surface area (Å²) in [7, 11) is 0. The summed E-state index contributed by atoms with van der Waals surface area (Å²) in [6, 6.07) is 10.2. The summed E-state index contributed by atoms with van der Waals surface area (Å²) in [5.41, 5.74) is 3.28. The van der Waals surface area contributed by atoms with Crippen molar-refractivity contribution in [2.75, 3.05) is 0 Å². The van der Waals surface area contributed by atoms with Crippen LogP contribution in [0.25, 0.3) is 22.5 Å². The van der Waals surface area contributed by atoms with Crippen LogP contribution >= 0.6 is 23.1 Å². The lowest BCUT2D eigenvalue weighted by molar-refractivity contribution is -0.385. The van der Waals surface area contributed by atoms with Crippen LogP contribution in [0.3, 0.4) is 0 Å². The molecule has 0 aliphatic rings. The zero-order chi connectivity index (χ0) is 21.1. The van der Waals surface area contributed by atoms with Crippen LogP contribution < -0.4 is 0 Å². The number of aryl methyl sites for hydroxylation is 1. The van der Waals surface area contributed by atoms with E-state index in [0.29, 0.717) is 17.6 Å². The third kappa shape index (κ3) is 3.91. The summed E-state index contributed by atoms with van der Waals surface area (Å²) < 4.78 is 3.52. The van der Waals surface area contributed by atoms with Gasteiger partial charge in [0.25, 0.3) is 0 Å². The molecule has 30 heavy (non-hydrogen) atoms. The Morgan fingerprint density at radius 2 is 2.10 bits per heavy atom. The minimum Gasteiger partial charge on any atom is -0.298 e. The van der Waals surface area contributed by atoms with E-state index in [1.54, 1.807) is 17.4 Å².